The lowest BCUT2D eigenvalue weighted by molar-refractivity contribution is -0.212. The van der Waals surface area contributed by atoms with E-state index in [1.165, 1.54) is 6.08 Å². The van der Waals surface area contributed by atoms with Gasteiger partial charge in [-0.05, 0) is 50.5 Å². The Kier molecular flexibility index (Phi) is 6.58. The van der Waals surface area contributed by atoms with Gasteiger partial charge in [-0.1, -0.05) is 68.5 Å². The molecule has 0 bridgehead atoms. The van der Waals surface area contributed by atoms with Crippen molar-refractivity contribution in [3.8, 4) is 0 Å². The van der Waals surface area contributed by atoms with Gasteiger partial charge < -0.3 is 25.7 Å². The largest absolute Gasteiger partial charge is 0.389 e. The third-order valence-corrected chi connectivity index (χ3v) is 8.71. The Bertz CT molecular complexity index is 955. The highest BCUT2D eigenvalue weighted by molar-refractivity contribution is 5.88. The van der Waals surface area contributed by atoms with Crippen molar-refractivity contribution in [2.75, 3.05) is 0 Å². The minimum Gasteiger partial charge on any atom is -0.389 e. The van der Waals surface area contributed by atoms with Gasteiger partial charge in [0.1, 0.15) is 0 Å². The average molecular weight is 470 g/mol. The topological polar surface area (TPSA) is 110 Å². The third kappa shape index (κ3) is 4.05. The predicted molar refractivity (Wildman–Crippen MR) is 131 cm³/mol. The number of carbonyl (C=O) groups excluding carboxylic acids is 1. The number of allylic oxidation sites excluding steroid dienone is 1. The molecular weight excluding hydrogens is 430 g/mol. The van der Waals surface area contributed by atoms with Crippen LogP contribution in [-0.2, 0) is 11.2 Å². The highest BCUT2D eigenvalue weighted by atomic mass is 16.3. The molecule has 1 spiro atoms. The summed E-state index contributed by atoms with van der Waals surface area (Å²) in [5.41, 5.74) is -2.92. The van der Waals surface area contributed by atoms with Gasteiger partial charge in [0.2, 0.25) is 5.91 Å². The van der Waals surface area contributed by atoms with Crippen LogP contribution in [0.25, 0.3) is 0 Å². The van der Waals surface area contributed by atoms with Crippen molar-refractivity contribution in [3.63, 3.8) is 0 Å². The van der Waals surface area contributed by atoms with Crippen molar-refractivity contribution in [1.82, 2.24) is 5.32 Å². The zero-order valence-electron chi connectivity index (χ0n) is 20.6. The number of rotatable bonds is 2. The van der Waals surface area contributed by atoms with Crippen LogP contribution in [0.5, 0.6) is 0 Å². The van der Waals surface area contributed by atoms with Crippen LogP contribution in [-0.4, -0.2) is 55.8 Å². The molecule has 3 aliphatic rings. The zero-order valence-corrected chi connectivity index (χ0v) is 20.6. The highest BCUT2D eigenvalue weighted by Crippen LogP contribution is 2.59. The molecule has 1 heterocycles. The second-order valence-electron chi connectivity index (χ2n) is 11.3. The molecule has 1 aromatic rings. The Hall–Kier alpha value is -1.99. The quantitative estimate of drug-likeness (QED) is 0.427. The van der Waals surface area contributed by atoms with Crippen LogP contribution in [0.4, 0.5) is 0 Å². The number of hydrogen-bond acceptors (Lipinski definition) is 5. The molecule has 1 amide bonds. The number of amides is 1. The molecule has 1 saturated carbocycles. The minimum absolute atomic E-state index is 0.154. The summed E-state index contributed by atoms with van der Waals surface area (Å²) >= 11 is 0. The van der Waals surface area contributed by atoms with Crippen LogP contribution in [0.2, 0.25) is 0 Å². The average Bonchev–Trinajstić information content (AvgIpc) is 3.04. The van der Waals surface area contributed by atoms with E-state index in [1.807, 2.05) is 56.3 Å². The molecule has 5 N–H and O–H groups in total. The number of carbonyl (C=O) groups is 1. The van der Waals surface area contributed by atoms with Crippen molar-refractivity contribution in [2.45, 2.75) is 76.4 Å². The Balaban J connectivity index is 1.88. The summed E-state index contributed by atoms with van der Waals surface area (Å²) in [4.78, 5) is 13.9. The molecule has 0 aromatic heterocycles. The van der Waals surface area contributed by atoms with E-state index in [0.717, 1.165) is 5.56 Å². The van der Waals surface area contributed by atoms with Crippen molar-refractivity contribution in [1.29, 1.82) is 0 Å². The minimum atomic E-state index is -1.45. The number of aliphatic hydroxyl groups is 4. The second kappa shape index (κ2) is 8.90. The molecule has 2 fully saturated rings. The van der Waals surface area contributed by atoms with Gasteiger partial charge in [0, 0.05) is 17.9 Å². The van der Waals surface area contributed by atoms with E-state index < -0.39 is 46.6 Å². The van der Waals surface area contributed by atoms with Crippen LogP contribution < -0.4 is 5.32 Å². The molecule has 34 heavy (non-hydrogen) atoms. The van der Waals surface area contributed by atoms with E-state index in [9.17, 15) is 25.2 Å². The van der Waals surface area contributed by atoms with E-state index in [0.29, 0.717) is 19.3 Å². The molecule has 1 saturated heterocycles. The normalized spacial score (nSPS) is 48.7. The SMILES string of the molecule is C[C@H]1C/C=C/[C@H]2[C@H](O)[C@](C)(O)[C@@H](C)[C@H]3[C@H](Cc4ccccc4)NC(=O)[C@]32[C@H](O)/C=C/[C@](C)(O)C1. The maximum Gasteiger partial charge on any atom is 0.230 e. The summed E-state index contributed by atoms with van der Waals surface area (Å²) in [7, 11) is 0. The lowest BCUT2D eigenvalue weighted by Gasteiger charge is -2.56. The van der Waals surface area contributed by atoms with Crippen LogP contribution >= 0.6 is 0 Å². The summed E-state index contributed by atoms with van der Waals surface area (Å²) in [6.07, 6.45) is 6.07. The smallest absolute Gasteiger partial charge is 0.230 e. The Morgan fingerprint density at radius 3 is 2.41 bits per heavy atom. The first-order valence-electron chi connectivity index (χ1n) is 12.4. The maximum absolute atomic E-state index is 13.9. The molecule has 186 valence electrons. The molecule has 2 aliphatic carbocycles. The fraction of sp³-hybridized carbons (Fsp3) is 0.607. The molecule has 1 aliphatic heterocycles. The Labute approximate surface area is 202 Å². The molecule has 6 heteroatoms. The molecule has 10 atom stereocenters. The lowest BCUT2D eigenvalue weighted by atomic mass is 9.49. The first-order valence-corrected chi connectivity index (χ1v) is 12.4. The standard InChI is InChI=1S/C28H39NO5/c1-17-9-8-12-20-24(31)27(4,34)18(2)23-21(15-19-10-6-5-7-11-19)29-25(32)28(20,23)22(30)13-14-26(3,33)16-17/h5-8,10-14,17-18,20-24,30-31,33-34H,9,15-16H2,1-4H3,(H,29,32)/b12-8+,14-13+/t17-,18-,20-,21-,22+,23-,24-,26-,27+,28+/m0/s1. The van der Waals surface area contributed by atoms with Crippen molar-refractivity contribution < 1.29 is 25.2 Å². The molecule has 0 unspecified atom stereocenters. The molecule has 0 radical (unpaired) electrons. The highest BCUT2D eigenvalue weighted by Gasteiger charge is 2.71. The summed E-state index contributed by atoms with van der Waals surface area (Å²) in [5.74, 6) is -1.89. The first kappa shape index (κ1) is 25.1. The van der Waals surface area contributed by atoms with Crippen LogP contribution in [0.15, 0.2) is 54.6 Å². The van der Waals surface area contributed by atoms with E-state index in [1.54, 1.807) is 19.9 Å². The predicted octanol–water partition coefficient (Wildman–Crippen LogP) is 2.36. The number of benzene rings is 1. The van der Waals surface area contributed by atoms with E-state index >= 15 is 0 Å². The van der Waals surface area contributed by atoms with Gasteiger partial charge in [-0.25, -0.2) is 0 Å². The van der Waals surface area contributed by atoms with Crippen molar-refractivity contribution >= 4 is 5.91 Å². The van der Waals surface area contributed by atoms with Gasteiger partial charge in [-0.15, -0.1) is 0 Å². The van der Waals surface area contributed by atoms with Crippen LogP contribution in [0, 0.1) is 29.1 Å². The van der Waals surface area contributed by atoms with Crippen LogP contribution in [0.1, 0.15) is 46.1 Å². The summed E-state index contributed by atoms with van der Waals surface area (Å²) < 4.78 is 0. The summed E-state index contributed by atoms with van der Waals surface area (Å²) in [6, 6.07) is 9.52. The van der Waals surface area contributed by atoms with Gasteiger partial charge in [0.25, 0.3) is 0 Å². The molecule has 1 aromatic carbocycles. The number of nitrogens with one attached hydrogen (secondary N) is 1. The van der Waals surface area contributed by atoms with Gasteiger partial charge >= 0.3 is 0 Å². The van der Waals surface area contributed by atoms with E-state index in [2.05, 4.69) is 5.32 Å². The monoisotopic (exact) mass is 469 g/mol. The van der Waals surface area contributed by atoms with Crippen LogP contribution in [0.3, 0.4) is 0 Å². The Morgan fingerprint density at radius 1 is 1.06 bits per heavy atom. The zero-order chi connectivity index (χ0) is 24.9. The number of aliphatic hydroxyl groups excluding tert-OH is 2. The molecule has 6 nitrogen and oxygen atoms in total. The molecular formula is C28H39NO5. The van der Waals surface area contributed by atoms with Crippen molar-refractivity contribution in [3.05, 3.63) is 60.2 Å². The van der Waals surface area contributed by atoms with Gasteiger partial charge in [0.05, 0.1) is 28.8 Å². The lowest BCUT2D eigenvalue weighted by Crippen LogP contribution is -2.67. The second-order valence-corrected chi connectivity index (χ2v) is 11.3. The van der Waals surface area contributed by atoms with Gasteiger partial charge in [-0.3, -0.25) is 4.79 Å². The van der Waals surface area contributed by atoms with E-state index in [4.69, 9.17) is 0 Å². The van der Waals surface area contributed by atoms with Gasteiger partial charge in [-0.2, -0.15) is 0 Å². The number of hydrogen-bond donors (Lipinski definition) is 5. The Morgan fingerprint density at radius 2 is 1.74 bits per heavy atom. The maximum atomic E-state index is 13.9. The first-order chi connectivity index (χ1) is 15.9. The summed E-state index contributed by atoms with van der Waals surface area (Å²) in [6.45, 7) is 7.22. The fourth-order valence-corrected chi connectivity index (χ4v) is 6.87. The fourth-order valence-electron chi connectivity index (χ4n) is 6.87. The summed E-state index contributed by atoms with van der Waals surface area (Å²) in [5, 5.41) is 48.6. The van der Waals surface area contributed by atoms with Crippen molar-refractivity contribution in [2.24, 2.45) is 29.1 Å². The van der Waals surface area contributed by atoms with E-state index in [-0.39, 0.29) is 17.9 Å². The molecule has 4 rings (SSSR count). The third-order valence-electron chi connectivity index (χ3n) is 8.71. The van der Waals surface area contributed by atoms with Gasteiger partial charge in [0.15, 0.2) is 0 Å².